The largest absolute Gasteiger partial charge is 0.341 e. The Morgan fingerprint density at radius 2 is 1.95 bits per heavy atom. The number of hydrogen-bond acceptors (Lipinski definition) is 2. The molecule has 1 aromatic carbocycles. The number of carbonyl (C=O) groups is 1. The van der Waals surface area contributed by atoms with Crippen molar-refractivity contribution < 1.29 is 4.79 Å². The maximum absolute atomic E-state index is 12.2. The Hall–Kier alpha value is -1.35. The van der Waals surface area contributed by atoms with Crippen LogP contribution in [-0.2, 0) is 11.2 Å². The zero-order valence-corrected chi connectivity index (χ0v) is 13.1. The van der Waals surface area contributed by atoms with Gasteiger partial charge in [0.05, 0.1) is 6.04 Å². The first kappa shape index (κ1) is 16.0. The van der Waals surface area contributed by atoms with E-state index in [9.17, 15) is 4.79 Å². The summed E-state index contributed by atoms with van der Waals surface area (Å²) in [6.45, 7) is 3.84. The van der Waals surface area contributed by atoms with Gasteiger partial charge in [-0.15, -0.1) is 0 Å². The molecule has 2 N–H and O–H groups in total. The Bertz CT molecular complexity index is 424. The molecule has 1 unspecified atom stereocenters. The maximum Gasteiger partial charge on any atom is 0.239 e. The highest BCUT2D eigenvalue weighted by Crippen LogP contribution is 2.23. The number of aryl methyl sites for hydroxylation is 1. The third-order valence-corrected chi connectivity index (χ3v) is 4.53. The predicted molar refractivity (Wildman–Crippen MR) is 87.0 cm³/mol. The van der Waals surface area contributed by atoms with Gasteiger partial charge in [-0.3, -0.25) is 4.79 Å². The molecular weight excluding hydrogens is 260 g/mol. The van der Waals surface area contributed by atoms with Gasteiger partial charge in [-0.05, 0) is 43.6 Å². The Morgan fingerprint density at radius 3 is 2.57 bits per heavy atom. The lowest BCUT2D eigenvalue weighted by molar-refractivity contribution is -0.134. The minimum Gasteiger partial charge on any atom is -0.341 e. The van der Waals surface area contributed by atoms with E-state index in [0.717, 1.165) is 51.1 Å². The van der Waals surface area contributed by atoms with Gasteiger partial charge in [0, 0.05) is 13.1 Å². The quantitative estimate of drug-likeness (QED) is 0.874. The normalized spacial score (nSPS) is 17.7. The van der Waals surface area contributed by atoms with E-state index in [1.807, 2.05) is 4.90 Å². The number of rotatable bonds is 6. The molecule has 21 heavy (non-hydrogen) atoms. The monoisotopic (exact) mass is 288 g/mol. The Balaban J connectivity index is 1.72. The summed E-state index contributed by atoms with van der Waals surface area (Å²) in [5, 5.41) is 0. The van der Waals surface area contributed by atoms with Crippen molar-refractivity contribution in [3.63, 3.8) is 0 Å². The smallest absolute Gasteiger partial charge is 0.239 e. The molecule has 0 bridgehead atoms. The van der Waals surface area contributed by atoms with Crippen molar-refractivity contribution in [2.75, 3.05) is 13.1 Å². The van der Waals surface area contributed by atoms with E-state index < -0.39 is 0 Å². The average Bonchev–Trinajstić information content (AvgIpc) is 2.54. The highest BCUT2D eigenvalue weighted by Gasteiger charge is 2.25. The molecule has 116 valence electrons. The number of nitrogens with two attached hydrogens (primary N) is 1. The lowest BCUT2D eigenvalue weighted by Crippen LogP contribution is -2.47. The molecule has 1 atom stereocenters. The highest BCUT2D eigenvalue weighted by molar-refractivity contribution is 5.81. The summed E-state index contributed by atoms with van der Waals surface area (Å²) in [6, 6.07) is 10.4. The van der Waals surface area contributed by atoms with Crippen LogP contribution in [-0.4, -0.2) is 29.9 Å². The zero-order valence-electron chi connectivity index (χ0n) is 13.1. The standard InChI is InChI=1S/C18H28N2O/c1-2-6-17(19)18(21)20-13-11-16(12-14-20)10-9-15-7-4-3-5-8-15/h3-5,7-8,16-17H,2,6,9-14,19H2,1H3. The van der Waals surface area contributed by atoms with Crippen LogP contribution in [0.1, 0.15) is 44.6 Å². The molecule has 0 saturated carbocycles. The molecule has 1 amide bonds. The summed E-state index contributed by atoms with van der Waals surface area (Å²) in [7, 11) is 0. The number of likely N-dealkylation sites (tertiary alicyclic amines) is 1. The second kappa shape index (κ2) is 8.18. The van der Waals surface area contributed by atoms with E-state index in [1.54, 1.807) is 0 Å². The molecule has 1 aliphatic rings. The number of piperidine rings is 1. The first-order chi connectivity index (χ1) is 10.2. The molecule has 2 rings (SSSR count). The number of carbonyl (C=O) groups excluding carboxylic acids is 1. The van der Waals surface area contributed by atoms with E-state index in [4.69, 9.17) is 5.73 Å². The van der Waals surface area contributed by atoms with E-state index in [-0.39, 0.29) is 11.9 Å². The third kappa shape index (κ3) is 4.85. The van der Waals surface area contributed by atoms with Gasteiger partial charge < -0.3 is 10.6 Å². The van der Waals surface area contributed by atoms with Crippen molar-refractivity contribution in [3.05, 3.63) is 35.9 Å². The molecule has 1 aromatic rings. The fourth-order valence-corrected chi connectivity index (χ4v) is 3.13. The summed E-state index contributed by atoms with van der Waals surface area (Å²) in [6.07, 6.45) is 6.39. The molecule has 0 aliphatic carbocycles. The van der Waals surface area contributed by atoms with Crippen LogP contribution in [0.5, 0.6) is 0 Å². The van der Waals surface area contributed by atoms with Crippen LogP contribution in [0.4, 0.5) is 0 Å². The van der Waals surface area contributed by atoms with Crippen molar-refractivity contribution >= 4 is 5.91 Å². The SMILES string of the molecule is CCCC(N)C(=O)N1CCC(CCc2ccccc2)CC1. The topological polar surface area (TPSA) is 46.3 Å². The molecule has 1 fully saturated rings. The fourth-order valence-electron chi connectivity index (χ4n) is 3.13. The van der Waals surface area contributed by atoms with Crippen molar-refractivity contribution in [3.8, 4) is 0 Å². The van der Waals surface area contributed by atoms with Gasteiger partial charge >= 0.3 is 0 Å². The summed E-state index contributed by atoms with van der Waals surface area (Å²) in [5.41, 5.74) is 7.35. The van der Waals surface area contributed by atoms with Crippen molar-refractivity contribution in [1.82, 2.24) is 4.90 Å². The molecule has 3 heteroatoms. The van der Waals surface area contributed by atoms with Crippen LogP contribution >= 0.6 is 0 Å². The maximum atomic E-state index is 12.2. The lowest BCUT2D eigenvalue weighted by atomic mass is 9.90. The third-order valence-electron chi connectivity index (χ3n) is 4.53. The predicted octanol–water partition coefficient (Wildman–Crippen LogP) is 2.99. The average molecular weight is 288 g/mol. The Kier molecular flexibility index (Phi) is 6.24. The van der Waals surface area contributed by atoms with E-state index in [2.05, 4.69) is 37.3 Å². The van der Waals surface area contributed by atoms with E-state index >= 15 is 0 Å². The van der Waals surface area contributed by atoms with Gasteiger partial charge in [0.2, 0.25) is 5.91 Å². The molecule has 1 aliphatic heterocycles. The second-order valence-corrected chi connectivity index (χ2v) is 6.19. The summed E-state index contributed by atoms with van der Waals surface area (Å²) in [4.78, 5) is 14.1. The number of nitrogens with zero attached hydrogens (tertiary/aromatic N) is 1. The minimum absolute atomic E-state index is 0.151. The molecular formula is C18H28N2O. The van der Waals surface area contributed by atoms with Gasteiger partial charge in [0.15, 0.2) is 0 Å². The lowest BCUT2D eigenvalue weighted by Gasteiger charge is -2.33. The number of hydrogen-bond donors (Lipinski definition) is 1. The summed E-state index contributed by atoms with van der Waals surface area (Å²) >= 11 is 0. The number of amides is 1. The molecule has 3 nitrogen and oxygen atoms in total. The zero-order chi connectivity index (χ0) is 15.1. The Morgan fingerprint density at radius 1 is 1.29 bits per heavy atom. The van der Waals surface area contributed by atoms with Crippen LogP contribution in [0, 0.1) is 5.92 Å². The molecule has 0 aromatic heterocycles. The van der Waals surface area contributed by atoms with Gasteiger partial charge in [0.1, 0.15) is 0 Å². The van der Waals surface area contributed by atoms with Crippen molar-refractivity contribution in [2.45, 2.75) is 51.5 Å². The molecule has 1 saturated heterocycles. The first-order valence-electron chi connectivity index (χ1n) is 8.29. The number of benzene rings is 1. The van der Waals surface area contributed by atoms with Crippen LogP contribution in [0.2, 0.25) is 0 Å². The summed E-state index contributed by atoms with van der Waals surface area (Å²) in [5.74, 6) is 0.898. The van der Waals surface area contributed by atoms with Crippen molar-refractivity contribution in [2.24, 2.45) is 11.7 Å². The molecule has 1 heterocycles. The van der Waals surface area contributed by atoms with Crippen LogP contribution in [0.3, 0.4) is 0 Å². The van der Waals surface area contributed by atoms with Gasteiger partial charge in [-0.2, -0.15) is 0 Å². The second-order valence-electron chi connectivity index (χ2n) is 6.19. The fraction of sp³-hybridized carbons (Fsp3) is 0.611. The molecule has 0 radical (unpaired) electrons. The van der Waals surface area contributed by atoms with Gasteiger partial charge in [-0.25, -0.2) is 0 Å². The van der Waals surface area contributed by atoms with E-state index in [0.29, 0.717) is 0 Å². The van der Waals surface area contributed by atoms with Crippen LogP contribution in [0.15, 0.2) is 30.3 Å². The van der Waals surface area contributed by atoms with Gasteiger partial charge in [-0.1, -0.05) is 43.7 Å². The van der Waals surface area contributed by atoms with Gasteiger partial charge in [0.25, 0.3) is 0 Å². The highest BCUT2D eigenvalue weighted by atomic mass is 16.2. The van der Waals surface area contributed by atoms with Crippen LogP contribution in [0.25, 0.3) is 0 Å². The molecule has 0 spiro atoms. The van der Waals surface area contributed by atoms with Crippen molar-refractivity contribution in [1.29, 1.82) is 0 Å². The Labute approximate surface area is 128 Å². The van der Waals surface area contributed by atoms with Crippen LogP contribution < -0.4 is 5.73 Å². The first-order valence-corrected chi connectivity index (χ1v) is 8.29. The van der Waals surface area contributed by atoms with E-state index in [1.165, 1.54) is 12.0 Å². The minimum atomic E-state index is -0.295. The summed E-state index contributed by atoms with van der Waals surface area (Å²) < 4.78 is 0.